The lowest BCUT2D eigenvalue weighted by atomic mass is 10.1. The first-order valence-corrected chi connectivity index (χ1v) is 8.99. The van der Waals surface area contributed by atoms with Gasteiger partial charge in [0.1, 0.15) is 5.82 Å². The van der Waals surface area contributed by atoms with Crippen molar-refractivity contribution in [2.45, 2.75) is 45.7 Å². The number of halogens is 1. The van der Waals surface area contributed by atoms with Gasteiger partial charge in [0.25, 0.3) is 5.91 Å². The standard InChI is InChI=1S/C19H25FN6O/c1-9-6-13(8-23-11(9)3)24-18-14(17(22)27)7-15(20)19(26-18)25-16(10(2)21)12-4-5-12/h6-8,10,12,16H,4-5,21H2,1-3H3,(H2,22,27)(H2,24,25,26)/t10-,16-/m0/s1. The summed E-state index contributed by atoms with van der Waals surface area (Å²) in [6.45, 7) is 5.71. The fourth-order valence-electron chi connectivity index (χ4n) is 3.01. The highest BCUT2D eigenvalue weighted by molar-refractivity contribution is 5.98. The molecule has 0 aromatic carbocycles. The van der Waals surface area contributed by atoms with E-state index in [4.69, 9.17) is 11.5 Å². The molecule has 144 valence electrons. The number of nitrogens with zero attached hydrogens (tertiary/aromatic N) is 2. The molecule has 0 bridgehead atoms. The van der Waals surface area contributed by atoms with Crippen LogP contribution in [-0.2, 0) is 0 Å². The Morgan fingerprint density at radius 3 is 2.56 bits per heavy atom. The molecule has 3 rings (SSSR count). The summed E-state index contributed by atoms with van der Waals surface area (Å²) in [5.41, 5.74) is 13.9. The molecule has 2 aromatic rings. The van der Waals surface area contributed by atoms with Crippen LogP contribution in [0.2, 0.25) is 0 Å². The van der Waals surface area contributed by atoms with Crippen molar-refractivity contribution in [2.75, 3.05) is 10.6 Å². The molecule has 0 saturated heterocycles. The molecular weight excluding hydrogens is 347 g/mol. The number of carbonyl (C=O) groups excluding carboxylic acids is 1. The highest BCUT2D eigenvalue weighted by Crippen LogP contribution is 2.36. The van der Waals surface area contributed by atoms with Gasteiger partial charge in [-0.15, -0.1) is 0 Å². The largest absolute Gasteiger partial charge is 0.365 e. The van der Waals surface area contributed by atoms with Gasteiger partial charge in [-0.1, -0.05) is 0 Å². The van der Waals surface area contributed by atoms with Crippen LogP contribution >= 0.6 is 0 Å². The van der Waals surface area contributed by atoms with Gasteiger partial charge in [-0.25, -0.2) is 9.37 Å². The third kappa shape index (κ3) is 4.33. The Hall–Kier alpha value is -2.74. The molecule has 0 spiro atoms. The average molecular weight is 372 g/mol. The maximum Gasteiger partial charge on any atom is 0.252 e. The fraction of sp³-hybridized carbons (Fsp3) is 0.421. The number of hydrogen-bond donors (Lipinski definition) is 4. The molecule has 1 aliphatic carbocycles. The van der Waals surface area contributed by atoms with E-state index in [2.05, 4.69) is 20.6 Å². The molecule has 6 N–H and O–H groups in total. The summed E-state index contributed by atoms with van der Waals surface area (Å²) in [5.74, 6) is -0.774. The van der Waals surface area contributed by atoms with Crippen LogP contribution < -0.4 is 22.1 Å². The molecule has 2 atom stereocenters. The van der Waals surface area contributed by atoms with Crippen molar-refractivity contribution in [2.24, 2.45) is 17.4 Å². The van der Waals surface area contributed by atoms with E-state index < -0.39 is 11.7 Å². The summed E-state index contributed by atoms with van der Waals surface area (Å²) in [6.07, 6.45) is 3.74. The molecule has 27 heavy (non-hydrogen) atoms. The van der Waals surface area contributed by atoms with Gasteiger partial charge in [0, 0.05) is 17.8 Å². The number of primary amides is 1. The lowest BCUT2D eigenvalue weighted by molar-refractivity contribution is 0.100. The fourth-order valence-corrected chi connectivity index (χ4v) is 3.01. The predicted octanol–water partition coefficient (Wildman–Crippen LogP) is 2.61. The molecule has 0 aliphatic heterocycles. The van der Waals surface area contributed by atoms with Gasteiger partial charge in [0.2, 0.25) is 0 Å². The van der Waals surface area contributed by atoms with Crippen LogP contribution in [0.5, 0.6) is 0 Å². The second-order valence-electron chi connectivity index (χ2n) is 7.20. The number of amides is 1. The molecule has 8 heteroatoms. The second-order valence-corrected chi connectivity index (χ2v) is 7.20. The highest BCUT2D eigenvalue weighted by atomic mass is 19.1. The Bertz CT molecular complexity index is 864. The molecule has 1 aliphatic rings. The number of nitrogens with two attached hydrogens (primary N) is 2. The molecule has 2 heterocycles. The third-order valence-electron chi connectivity index (χ3n) is 4.84. The number of anilines is 3. The van der Waals surface area contributed by atoms with Crippen molar-refractivity contribution in [3.63, 3.8) is 0 Å². The predicted molar refractivity (Wildman–Crippen MR) is 103 cm³/mol. The number of aromatic nitrogens is 2. The summed E-state index contributed by atoms with van der Waals surface area (Å²) in [7, 11) is 0. The first kappa shape index (κ1) is 19.0. The zero-order valence-electron chi connectivity index (χ0n) is 15.7. The molecule has 0 unspecified atom stereocenters. The normalized spacial score (nSPS) is 15.9. The van der Waals surface area contributed by atoms with Crippen molar-refractivity contribution in [3.05, 3.63) is 41.0 Å². The Morgan fingerprint density at radius 2 is 2.00 bits per heavy atom. The molecule has 1 fully saturated rings. The quantitative estimate of drug-likeness (QED) is 0.593. The van der Waals surface area contributed by atoms with E-state index >= 15 is 0 Å². The first-order valence-electron chi connectivity index (χ1n) is 8.99. The van der Waals surface area contributed by atoms with Gasteiger partial charge in [-0.2, -0.15) is 0 Å². The maximum absolute atomic E-state index is 14.5. The first-order chi connectivity index (χ1) is 12.8. The number of rotatable bonds is 7. The summed E-state index contributed by atoms with van der Waals surface area (Å²) < 4.78 is 14.5. The number of aryl methyl sites for hydroxylation is 2. The van der Waals surface area contributed by atoms with Crippen LogP contribution in [0.15, 0.2) is 18.3 Å². The van der Waals surface area contributed by atoms with Gasteiger partial charge < -0.3 is 22.1 Å². The summed E-state index contributed by atoms with van der Waals surface area (Å²) in [4.78, 5) is 20.3. The van der Waals surface area contributed by atoms with Crippen molar-refractivity contribution in [3.8, 4) is 0 Å². The Kier molecular flexibility index (Phi) is 5.27. The van der Waals surface area contributed by atoms with Crippen LogP contribution in [0.3, 0.4) is 0 Å². The van der Waals surface area contributed by atoms with Crippen LogP contribution in [0.25, 0.3) is 0 Å². The second kappa shape index (κ2) is 7.48. The molecule has 1 amide bonds. The van der Waals surface area contributed by atoms with Gasteiger partial charge in [-0.3, -0.25) is 9.78 Å². The Balaban J connectivity index is 1.95. The average Bonchev–Trinajstić information content (AvgIpc) is 3.42. The van der Waals surface area contributed by atoms with Crippen LogP contribution in [0, 0.1) is 25.6 Å². The van der Waals surface area contributed by atoms with E-state index in [1.165, 1.54) is 0 Å². The minimum Gasteiger partial charge on any atom is -0.365 e. The number of pyridine rings is 2. The minimum atomic E-state index is -0.766. The summed E-state index contributed by atoms with van der Waals surface area (Å²) in [5, 5.41) is 6.13. The van der Waals surface area contributed by atoms with E-state index in [1.807, 2.05) is 26.8 Å². The topological polar surface area (TPSA) is 119 Å². The maximum atomic E-state index is 14.5. The van der Waals surface area contributed by atoms with Gasteiger partial charge in [0.05, 0.1) is 17.4 Å². The SMILES string of the molecule is Cc1cc(Nc2nc(N[C@H](C3CC3)[C@H](C)N)c(F)cc2C(N)=O)cnc1C. The lowest BCUT2D eigenvalue weighted by Gasteiger charge is -2.23. The smallest absolute Gasteiger partial charge is 0.252 e. The lowest BCUT2D eigenvalue weighted by Crippen LogP contribution is -2.40. The van der Waals surface area contributed by atoms with E-state index in [-0.39, 0.29) is 29.3 Å². The Labute approximate surface area is 157 Å². The van der Waals surface area contributed by atoms with Crippen molar-refractivity contribution < 1.29 is 9.18 Å². The third-order valence-corrected chi connectivity index (χ3v) is 4.84. The van der Waals surface area contributed by atoms with Crippen molar-refractivity contribution in [1.29, 1.82) is 0 Å². The number of hydrogen-bond acceptors (Lipinski definition) is 6. The van der Waals surface area contributed by atoms with Gasteiger partial charge >= 0.3 is 0 Å². The van der Waals surface area contributed by atoms with E-state index in [1.54, 1.807) is 6.20 Å². The van der Waals surface area contributed by atoms with Crippen LogP contribution in [0.1, 0.15) is 41.4 Å². The molecule has 2 aromatic heterocycles. The number of nitrogens with one attached hydrogen (secondary N) is 2. The molecule has 0 radical (unpaired) electrons. The van der Waals surface area contributed by atoms with Gasteiger partial charge in [-0.05, 0) is 57.2 Å². The van der Waals surface area contributed by atoms with E-state index in [0.29, 0.717) is 11.6 Å². The van der Waals surface area contributed by atoms with Crippen LogP contribution in [0.4, 0.5) is 21.7 Å². The zero-order valence-corrected chi connectivity index (χ0v) is 15.7. The Morgan fingerprint density at radius 1 is 1.30 bits per heavy atom. The summed E-state index contributed by atoms with van der Waals surface area (Å²) >= 11 is 0. The number of carbonyl (C=O) groups is 1. The summed E-state index contributed by atoms with van der Waals surface area (Å²) in [6, 6.07) is 2.73. The van der Waals surface area contributed by atoms with Crippen molar-refractivity contribution in [1.82, 2.24) is 9.97 Å². The minimum absolute atomic E-state index is 0.0277. The van der Waals surface area contributed by atoms with Crippen LogP contribution in [-0.4, -0.2) is 28.0 Å². The van der Waals surface area contributed by atoms with E-state index in [0.717, 1.165) is 30.2 Å². The molecule has 7 nitrogen and oxygen atoms in total. The monoisotopic (exact) mass is 372 g/mol. The molecule has 1 saturated carbocycles. The van der Waals surface area contributed by atoms with Crippen molar-refractivity contribution >= 4 is 23.2 Å². The highest BCUT2D eigenvalue weighted by Gasteiger charge is 2.34. The molecular formula is C19H25FN6O. The zero-order chi connectivity index (χ0) is 19.7. The van der Waals surface area contributed by atoms with E-state index in [9.17, 15) is 9.18 Å². The van der Waals surface area contributed by atoms with Gasteiger partial charge in [0.15, 0.2) is 11.6 Å².